The number of nitrogens with one attached hydrogen (secondary N) is 4. The number of hydrogen-bond acceptors (Lipinski definition) is 4. The van der Waals surface area contributed by atoms with Gasteiger partial charge in [-0.05, 0) is 63.6 Å². The van der Waals surface area contributed by atoms with Gasteiger partial charge in [0.05, 0.1) is 6.54 Å². The zero-order valence-corrected chi connectivity index (χ0v) is 18.2. The minimum atomic E-state index is -0.344. The summed E-state index contributed by atoms with van der Waals surface area (Å²) in [4.78, 5) is 36.3. The van der Waals surface area contributed by atoms with E-state index in [1.54, 1.807) is 31.2 Å². The monoisotopic (exact) mass is 410 g/mol. The van der Waals surface area contributed by atoms with Gasteiger partial charge in [-0.15, -0.1) is 0 Å². The Labute approximate surface area is 177 Å². The van der Waals surface area contributed by atoms with Crippen molar-refractivity contribution in [3.63, 3.8) is 0 Å². The molecule has 3 amide bonds. The van der Waals surface area contributed by atoms with E-state index in [1.807, 2.05) is 45.9 Å². The molecule has 0 aliphatic carbocycles. The van der Waals surface area contributed by atoms with Crippen molar-refractivity contribution < 1.29 is 14.4 Å². The van der Waals surface area contributed by atoms with Gasteiger partial charge in [0.1, 0.15) is 0 Å². The molecular weight excluding hydrogens is 380 g/mol. The van der Waals surface area contributed by atoms with Crippen LogP contribution in [-0.4, -0.2) is 29.8 Å². The maximum absolute atomic E-state index is 12.4. The quantitative estimate of drug-likeness (QED) is 0.556. The molecule has 0 aromatic heterocycles. The van der Waals surface area contributed by atoms with E-state index in [1.165, 1.54) is 0 Å². The predicted molar refractivity (Wildman–Crippen MR) is 121 cm³/mol. The number of rotatable bonds is 7. The summed E-state index contributed by atoms with van der Waals surface area (Å²) >= 11 is 0. The number of benzene rings is 2. The third kappa shape index (κ3) is 6.92. The highest BCUT2D eigenvalue weighted by molar-refractivity contribution is 5.98. The first kappa shape index (κ1) is 22.9. The number of hydrogen-bond donors (Lipinski definition) is 4. The number of amides is 3. The van der Waals surface area contributed by atoms with E-state index in [-0.39, 0.29) is 29.8 Å². The van der Waals surface area contributed by atoms with Crippen LogP contribution in [0.3, 0.4) is 0 Å². The van der Waals surface area contributed by atoms with E-state index in [2.05, 4.69) is 21.3 Å². The lowest BCUT2D eigenvalue weighted by Crippen LogP contribution is -2.40. The first-order valence-electron chi connectivity index (χ1n) is 9.95. The summed E-state index contributed by atoms with van der Waals surface area (Å²) in [5, 5.41) is 11.6. The fourth-order valence-electron chi connectivity index (χ4n) is 2.73. The number of anilines is 3. The second-order valence-electron chi connectivity index (χ2n) is 8.07. The van der Waals surface area contributed by atoms with Crippen LogP contribution < -0.4 is 21.3 Å². The average molecular weight is 411 g/mol. The molecule has 4 N–H and O–H groups in total. The SMILES string of the molecule is CCC(=O)Nc1cccc(NCC(=O)Nc2cccc(C(=O)NC(C)(C)C)c2)c1C. The Morgan fingerprint density at radius 1 is 0.900 bits per heavy atom. The average Bonchev–Trinajstić information content (AvgIpc) is 2.67. The molecule has 2 rings (SSSR count). The standard InChI is InChI=1S/C23H30N4O3/c1-6-20(28)26-19-12-8-11-18(15(19)2)24-14-21(29)25-17-10-7-9-16(13-17)22(30)27-23(3,4)5/h7-13,24H,6,14H2,1-5H3,(H,25,29)(H,26,28)(H,27,30). The van der Waals surface area contributed by atoms with Gasteiger partial charge in [-0.25, -0.2) is 0 Å². The van der Waals surface area contributed by atoms with Crippen LogP contribution >= 0.6 is 0 Å². The van der Waals surface area contributed by atoms with Gasteiger partial charge in [-0.3, -0.25) is 14.4 Å². The zero-order chi connectivity index (χ0) is 22.3. The van der Waals surface area contributed by atoms with Crippen molar-refractivity contribution in [2.75, 3.05) is 22.5 Å². The highest BCUT2D eigenvalue weighted by Crippen LogP contribution is 2.23. The lowest BCUT2D eigenvalue weighted by atomic mass is 10.1. The Balaban J connectivity index is 1.99. The van der Waals surface area contributed by atoms with Crippen LogP contribution in [0.15, 0.2) is 42.5 Å². The highest BCUT2D eigenvalue weighted by Gasteiger charge is 2.16. The molecular formula is C23H30N4O3. The minimum Gasteiger partial charge on any atom is -0.376 e. The van der Waals surface area contributed by atoms with Gasteiger partial charge in [0.25, 0.3) is 5.91 Å². The largest absolute Gasteiger partial charge is 0.376 e. The topological polar surface area (TPSA) is 99.3 Å². The lowest BCUT2D eigenvalue weighted by Gasteiger charge is -2.20. The third-order valence-electron chi connectivity index (χ3n) is 4.27. The van der Waals surface area contributed by atoms with Gasteiger partial charge in [-0.2, -0.15) is 0 Å². The molecule has 0 heterocycles. The first-order valence-corrected chi connectivity index (χ1v) is 9.95. The van der Waals surface area contributed by atoms with Crippen LogP contribution in [0.2, 0.25) is 0 Å². The van der Waals surface area contributed by atoms with Gasteiger partial charge in [0.2, 0.25) is 11.8 Å². The van der Waals surface area contributed by atoms with Crippen LogP contribution in [-0.2, 0) is 9.59 Å². The summed E-state index contributed by atoms with van der Waals surface area (Å²) in [5.74, 6) is -0.507. The van der Waals surface area contributed by atoms with Crippen LogP contribution in [0.5, 0.6) is 0 Å². The fourth-order valence-corrected chi connectivity index (χ4v) is 2.73. The van der Waals surface area contributed by atoms with Crippen LogP contribution in [0.1, 0.15) is 50.0 Å². The van der Waals surface area contributed by atoms with E-state index in [4.69, 9.17) is 0 Å². The fraction of sp³-hybridized carbons (Fsp3) is 0.348. The Morgan fingerprint density at radius 3 is 2.23 bits per heavy atom. The molecule has 0 saturated carbocycles. The van der Waals surface area contributed by atoms with Crippen LogP contribution in [0.25, 0.3) is 0 Å². The van der Waals surface area contributed by atoms with Crippen molar-refractivity contribution in [1.82, 2.24) is 5.32 Å². The molecule has 0 aliphatic heterocycles. The maximum Gasteiger partial charge on any atom is 0.251 e. The molecule has 0 fully saturated rings. The van der Waals surface area contributed by atoms with Crippen LogP contribution in [0, 0.1) is 6.92 Å². The molecule has 0 bridgehead atoms. The molecule has 2 aromatic rings. The molecule has 0 unspecified atom stereocenters. The third-order valence-corrected chi connectivity index (χ3v) is 4.27. The molecule has 0 radical (unpaired) electrons. The van der Waals surface area contributed by atoms with Crippen molar-refractivity contribution in [2.45, 2.75) is 46.6 Å². The van der Waals surface area contributed by atoms with E-state index in [0.29, 0.717) is 23.4 Å². The molecule has 0 saturated heterocycles. The smallest absolute Gasteiger partial charge is 0.251 e. The Morgan fingerprint density at radius 2 is 1.57 bits per heavy atom. The van der Waals surface area contributed by atoms with Gasteiger partial charge in [-0.1, -0.05) is 19.1 Å². The molecule has 0 atom stereocenters. The van der Waals surface area contributed by atoms with Crippen molar-refractivity contribution in [1.29, 1.82) is 0 Å². The predicted octanol–water partition coefficient (Wildman–Crippen LogP) is 3.92. The van der Waals surface area contributed by atoms with Crippen molar-refractivity contribution >= 4 is 34.8 Å². The Hall–Kier alpha value is -3.35. The van der Waals surface area contributed by atoms with Gasteiger partial charge < -0.3 is 21.3 Å². The summed E-state index contributed by atoms with van der Waals surface area (Å²) in [6, 6.07) is 12.3. The van der Waals surface area contributed by atoms with E-state index >= 15 is 0 Å². The Kier molecular flexibility index (Phi) is 7.58. The summed E-state index contributed by atoms with van der Waals surface area (Å²) < 4.78 is 0. The molecule has 7 nitrogen and oxygen atoms in total. The first-order chi connectivity index (χ1) is 14.1. The van der Waals surface area contributed by atoms with Gasteiger partial charge >= 0.3 is 0 Å². The summed E-state index contributed by atoms with van der Waals surface area (Å²) in [7, 11) is 0. The molecule has 0 spiro atoms. The van der Waals surface area contributed by atoms with Crippen molar-refractivity contribution in [2.24, 2.45) is 0 Å². The number of carbonyl (C=O) groups is 3. The second-order valence-corrected chi connectivity index (χ2v) is 8.07. The van der Waals surface area contributed by atoms with E-state index in [9.17, 15) is 14.4 Å². The molecule has 2 aromatic carbocycles. The van der Waals surface area contributed by atoms with Gasteiger partial charge in [0, 0.05) is 34.6 Å². The van der Waals surface area contributed by atoms with Crippen molar-refractivity contribution in [3.05, 3.63) is 53.6 Å². The van der Waals surface area contributed by atoms with Crippen LogP contribution in [0.4, 0.5) is 17.1 Å². The summed E-state index contributed by atoms with van der Waals surface area (Å²) in [6.45, 7) is 9.44. The van der Waals surface area contributed by atoms with Crippen molar-refractivity contribution in [3.8, 4) is 0 Å². The van der Waals surface area contributed by atoms with E-state index < -0.39 is 0 Å². The Bertz CT molecular complexity index is 932. The second kappa shape index (κ2) is 9.91. The normalized spacial score (nSPS) is 10.8. The number of carbonyl (C=O) groups excluding carboxylic acids is 3. The molecule has 7 heteroatoms. The lowest BCUT2D eigenvalue weighted by molar-refractivity contribution is -0.116. The molecule has 160 valence electrons. The maximum atomic E-state index is 12.4. The van der Waals surface area contributed by atoms with Gasteiger partial charge in [0.15, 0.2) is 0 Å². The highest BCUT2D eigenvalue weighted by atomic mass is 16.2. The molecule has 30 heavy (non-hydrogen) atoms. The molecule has 0 aliphatic rings. The summed E-state index contributed by atoms with van der Waals surface area (Å²) in [5.41, 5.74) is 3.01. The summed E-state index contributed by atoms with van der Waals surface area (Å²) in [6.07, 6.45) is 0.395. The minimum absolute atomic E-state index is 0.0461. The van der Waals surface area contributed by atoms with E-state index in [0.717, 1.165) is 11.3 Å². The zero-order valence-electron chi connectivity index (χ0n) is 18.2.